The average Bonchev–Trinajstić information content (AvgIpc) is 3.26. The van der Waals surface area contributed by atoms with E-state index in [0.29, 0.717) is 0 Å². The normalized spacial score (nSPS) is 11.4. The Hall–Kier alpha value is -2.62. The highest BCUT2D eigenvalue weighted by atomic mass is 79.9. The minimum Gasteiger partial charge on any atom is -0.378 e. The third kappa shape index (κ3) is 3.96. The lowest BCUT2D eigenvalue weighted by atomic mass is 9.83. The van der Waals surface area contributed by atoms with E-state index >= 15 is 0 Å². The second-order valence-electron chi connectivity index (χ2n) is 8.34. The van der Waals surface area contributed by atoms with Crippen LogP contribution in [0.5, 0.6) is 0 Å². The highest BCUT2D eigenvalue weighted by Gasteiger charge is 2.25. The molecule has 1 aromatic carbocycles. The summed E-state index contributed by atoms with van der Waals surface area (Å²) in [6.45, 7) is 0. The van der Waals surface area contributed by atoms with Crippen LogP contribution in [-0.4, -0.2) is 14.1 Å². The van der Waals surface area contributed by atoms with Gasteiger partial charge in [-0.05, 0) is 75.3 Å². The zero-order chi connectivity index (χ0) is 22.2. The van der Waals surface area contributed by atoms with E-state index in [1.165, 1.54) is 44.6 Å². The Morgan fingerprint density at radius 3 is 1.44 bits per heavy atom. The van der Waals surface area contributed by atoms with E-state index in [1.807, 2.05) is 0 Å². The van der Waals surface area contributed by atoms with E-state index in [9.17, 15) is 0 Å². The molecule has 0 atom stereocenters. The van der Waals surface area contributed by atoms with Crippen LogP contribution in [0, 0.1) is 0 Å². The van der Waals surface area contributed by atoms with Crippen molar-refractivity contribution < 1.29 is 0 Å². The van der Waals surface area contributed by atoms with Gasteiger partial charge in [-0.15, -0.1) is 0 Å². The topological polar surface area (TPSA) is 3.24 Å². The summed E-state index contributed by atoms with van der Waals surface area (Å²) in [7, 11) is 4.16. The van der Waals surface area contributed by atoms with Crippen LogP contribution in [-0.2, 0) is 0 Å². The zero-order valence-electron chi connectivity index (χ0n) is 18.0. The van der Waals surface area contributed by atoms with Crippen molar-refractivity contribution in [2.45, 2.75) is 5.92 Å². The number of benzene rings is 1. The molecule has 0 aliphatic heterocycles. The Kier molecular flexibility index (Phi) is 5.79. The van der Waals surface area contributed by atoms with Crippen LogP contribution in [0.1, 0.15) is 22.6 Å². The van der Waals surface area contributed by atoms with Crippen molar-refractivity contribution in [3.05, 3.63) is 123 Å². The summed E-state index contributed by atoms with van der Waals surface area (Å²) in [6.07, 6.45) is 0. The zero-order valence-corrected chi connectivity index (χ0v) is 21.2. The highest BCUT2D eigenvalue weighted by molar-refractivity contribution is 9.10. The number of hydrogen-bond donors (Lipinski definition) is 0. The summed E-state index contributed by atoms with van der Waals surface area (Å²) >= 11 is 7.25. The first kappa shape index (κ1) is 21.2. The van der Waals surface area contributed by atoms with Crippen molar-refractivity contribution in [3.63, 3.8) is 0 Å². The molecule has 0 amide bonds. The van der Waals surface area contributed by atoms with Gasteiger partial charge in [0, 0.05) is 34.6 Å². The Morgan fingerprint density at radius 2 is 0.969 bits per heavy atom. The quantitative estimate of drug-likeness (QED) is 0.219. The third-order valence-corrected chi connectivity index (χ3v) is 7.21. The average molecular weight is 545 g/mol. The van der Waals surface area contributed by atoms with E-state index in [0.717, 1.165) is 8.95 Å². The first-order valence-corrected chi connectivity index (χ1v) is 12.2. The van der Waals surface area contributed by atoms with Crippen LogP contribution < -0.4 is 4.90 Å². The summed E-state index contributed by atoms with van der Waals surface area (Å²) in [5, 5.41) is 0. The molecule has 4 aliphatic rings. The van der Waals surface area contributed by atoms with E-state index in [4.69, 9.17) is 0 Å². The summed E-state index contributed by atoms with van der Waals surface area (Å²) in [5.41, 5.74) is 10.2. The van der Waals surface area contributed by atoms with Gasteiger partial charge in [-0.25, -0.2) is 0 Å². The number of fused-ring (bicyclic) bond motifs is 2. The Balaban J connectivity index is 1.73. The van der Waals surface area contributed by atoms with Crippen LogP contribution in [0.25, 0.3) is 22.3 Å². The second kappa shape index (κ2) is 8.73. The lowest BCUT2D eigenvalue weighted by molar-refractivity contribution is 0.992. The Labute approximate surface area is 206 Å². The predicted octanol–water partition coefficient (Wildman–Crippen LogP) is 8.67. The standard InChI is InChI=1S/C29H23Br2N/c1-32(2)24-13-5-21(6-14-24)29(27-15-7-19-3-9-22(30)11-17-25(19)27)28-16-8-20-4-10-23(31)12-18-26(20)28/h3-18,29H,1-2H3. The molecular formula is C29H23Br2N. The highest BCUT2D eigenvalue weighted by Crippen LogP contribution is 2.44. The van der Waals surface area contributed by atoms with Crippen LogP contribution in [0.4, 0.5) is 5.69 Å². The maximum absolute atomic E-state index is 3.63. The van der Waals surface area contributed by atoms with Crippen molar-refractivity contribution in [2.24, 2.45) is 0 Å². The SMILES string of the molecule is CN(C)c1ccc(C(c2ccc3ccc(Br)ccc2-3)c2ccc3ccc(Br)ccc2-3)cc1. The molecule has 0 bridgehead atoms. The first-order valence-electron chi connectivity index (χ1n) is 10.6. The second-order valence-corrected chi connectivity index (χ2v) is 10.2. The molecule has 0 N–H and O–H groups in total. The van der Waals surface area contributed by atoms with Gasteiger partial charge >= 0.3 is 0 Å². The number of nitrogens with zero attached hydrogens (tertiary/aromatic N) is 1. The number of rotatable bonds is 4. The molecule has 158 valence electrons. The van der Waals surface area contributed by atoms with Gasteiger partial charge in [0.25, 0.3) is 0 Å². The molecule has 0 radical (unpaired) electrons. The summed E-state index contributed by atoms with van der Waals surface area (Å²) < 4.78 is 2.17. The molecule has 1 aromatic rings. The number of anilines is 1. The number of halogens is 2. The Bertz CT molecular complexity index is 1240. The van der Waals surface area contributed by atoms with Gasteiger partial charge in [-0.3, -0.25) is 0 Å². The first-order chi connectivity index (χ1) is 15.5. The van der Waals surface area contributed by atoms with E-state index in [1.54, 1.807) is 0 Å². The van der Waals surface area contributed by atoms with Crippen molar-refractivity contribution >= 4 is 37.5 Å². The van der Waals surface area contributed by atoms with Gasteiger partial charge < -0.3 is 4.90 Å². The molecule has 0 saturated carbocycles. The Morgan fingerprint density at radius 1 is 0.531 bits per heavy atom. The fourth-order valence-electron chi connectivity index (χ4n) is 4.50. The van der Waals surface area contributed by atoms with Crippen LogP contribution in [0.3, 0.4) is 0 Å². The van der Waals surface area contributed by atoms with Crippen molar-refractivity contribution in [1.82, 2.24) is 0 Å². The molecule has 3 heteroatoms. The predicted molar refractivity (Wildman–Crippen MR) is 143 cm³/mol. The van der Waals surface area contributed by atoms with Gasteiger partial charge in [0.1, 0.15) is 0 Å². The molecule has 0 heterocycles. The van der Waals surface area contributed by atoms with Gasteiger partial charge in [0.15, 0.2) is 0 Å². The molecule has 32 heavy (non-hydrogen) atoms. The monoisotopic (exact) mass is 543 g/mol. The minimum atomic E-state index is 0.142. The molecule has 0 saturated heterocycles. The number of hydrogen-bond acceptors (Lipinski definition) is 1. The van der Waals surface area contributed by atoms with Crippen molar-refractivity contribution in [2.75, 3.05) is 19.0 Å². The smallest absolute Gasteiger partial charge is 0.0361 e. The molecule has 0 spiro atoms. The minimum absolute atomic E-state index is 0.142. The van der Waals surface area contributed by atoms with Crippen molar-refractivity contribution in [3.8, 4) is 22.3 Å². The lowest BCUT2D eigenvalue weighted by Gasteiger charge is -2.21. The summed E-state index contributed by atoms with van der Waals surface area (Å²) in [4.78, 5) is 2.14. The molecule has 5 rings (SSSR count). The van der Waals surface area contributed by atoms with E-state index in [2.05, 4.69) is 148 Å². The fraction of sp³-hybridized carbons (Fsp3) is 0.103. The van der Waals surface area contributed by atoms with E-state index in [-0.39, 0.29) is 5.92 Å². The molecular weight excluding hydrogens is 522 g/mol. The van der Waals surface area contributed by atoms with Gasteiger partial charge in [-0.1, -0.05) is 92.5 Å². The maximum atomic E-state index is 3.63. The van der Waals surface area contributed by atoms with Gasteiger partial charge in [-0.2, -0.15) is 0 Å². The van der Waals surface area contributed by atoms with Gasteiger partial charge in [0.05, 0.1) is 0 Å². The molecule has 0 unspecified atom stereocenters. The van der Waals surface area contributed by atoms with Crippen molar-refractivity contribution in [1.29, 1.82) is 0 Å². The van der Waals surface area contributed by atoms with Crippen LogP contribution >= 0.6 is 31.9 Å². The molecule has 1 nitrogen and oxygen atoms in total. The summed E-state index contributed by atoms with van der Waals surface area (Å²) in [5.74, 6) is 0.142. The largest absolute Gasteiger partial charge is 0.378 e. The molecule has 0 fully saturated rings. The fourth-order valence-corrected chi connectivity index (χ4v) is 5.03. The molecule has 4 aliphatic carbocycles. The lowest BCUT2D eigenvalue weighted by Crippen LogP contribution is -2.09. The van der Waals surface area contributed by atoms with E-state index < -0.39 is 0 Å². The summed E-state index contributed by atoms with van der Waals surface area (Å²) in [6, 6.07) is 35.4. The third-order valence-electron chi connectivity index (χ3n) is 6.16. The maximum Gasteiger partial charge on any atom is 0.0361 e. The van der Waals surface area contributed by atoms with Crippen LogP contribution in [0.2, 0.25) is 0 Å². The van der Waals surface area contributed by atoms with Gasteiger partial charge in [0.2, 0.25) is 0 Å². The molecule has 0 aromatic heterocycles. The van der Waals surface area contributed by atoms with Crippen LogP contribution in [0.15, 0.2) is 106 Å².